The summed E-state index contributed by atoms with van der Waals surface area (Å²) in [5, 5.41) is 31.8. The molecule has 3 aromatic carbocycles. The Labute approximate surface area is 304 Å². The van der Waals surface area contributed by atoms with Crippen molar-refractivity contribution in [3.63, 3.8) is 0 Å². The van der Waals surface area contributed by atoms with Gasteiger partial charge in [-0.15, -0.1) is 0 Å². The van der Waals surface area contributed by atoms with Crippen LogP contribution in [0.25, 0.3) is 11.1 Å². The first-order valence-electron chi connectivity index (χ1n) is 17.2. The van der Waals surface area contributed by atoms with Crippen molar-refractivity contribution < 1.29 is 33.6 Å². The molecule has 1 aliphatic heterocycles. The first-order valence-corrected chi connectivity index (χ1v) is 17.2. The molecule has 1 aliphatic rings. The van der Waals surface area contributed by atoms with Gasteiger partial charge in [0, 0.05) is 61.3 Å². The predicted octanol–water partition coefficient (Wildman–Crippen LogP) is 6.12. The molecule has 4 aromatic rings. The maximum atomic E-state index is 11.7. The summed E-state index contributed by atoms with van der Waals surface area (Å²) in [4.78, 5) is 15.8. The van der Waals surface area contributed by atoms with Crippen molar-refractivity contribution in [1.82, 2.24) is 10.3 Å². The number of fused-ring (bicyclic) bond motifs is 1. The zero-order chi connectivity index (χ0) is 36.5. The van der Waals surface area contributed by atoms with Crippen molar-refractivity contribution in [2.45, 2.75) is 45.9 Å². The molecule has 52 heavy (non-hydrogen) atoms. The minimum Gasteiger partial charge on any atom is -0.488 e. The van der Waals surface area contributed by atoms with E-state index in [0.29, 0.717) is 92.9 Å². The van der Waals surface area contributed by atoms with Crippen LogP contribution in [0.2, 0.25) is 0 Å². The molecule has 11 heteroatoms. The Morgan fingerprint density at radius 1 is 0.962 bits per heavy atom. The SMILES string of the molecule is Cc1cc(CNCCOCC/C=C/C(=O)CCCO)c(OCc2cncc(C#N)c2)cc1OCc1cccc(-c2ccc3c(c2)OCCO3)c1C#N. The molecule has 0 spiro atoms. The first-order chi connectivity index (χ1) is 25.5. The zero-order valence-electron chi connectivity index (χ0n) is 29.2. The average molecular weight is 703 g/mol. The highest BCUT2D eigenvalue weighted by atomic mass is 16.6. The van der Waals surface area contributed by atoms with E-state index < -0.39 is 0 Å². The van der Waals surface area contributed by atoms with Crippen LogP contribution in [0.4, 0.5) is 0 Å². The molecule has 0 atom stereocenters. The summed E-state index contributed by atoms with van der Waals surface area (Å²) >= 11 is 0. The Bertz CT molecular complexity index is 1950. The van der Waals surface area contributed by atoms with Crippen molar-refractivity contribution in [3.8, 4) is 46.3 Å². The van der Waals surface area contributed by atoms with Crippen molar-refractivity contribution in [1.29, 1.82) is 10.5 Å². The molecule has 0 radical (unpaired) electrons. The minimum atomic E-state index is 0.00325. The number of carbonyl (C=O) groups is 1. The fourth-order valence-electron chi connectivity index (χ4n) is 5.58. The minimum absolute atomic E-state index is 0.00325. The number of aromatic nitrogens is 1. The van der Waals surface area contributed by atoms with Crippen LogP contribution in [-0.4, -0.2) is 55.5 Å². The van der Waals surface area contributed by atoms with Gasteiger partial charge in [0.25, 0.3) is 0 Å². The summed E-state index contributed by atoms with van der Waals surface area (Å²) in [6, 6.07) is 21.5. The number of hydrogen-bond donors (Lipinski definition) is 2. The lowest BCUT2D eigenvalue weighted by Crippen LogP contribution is -2.20. The van der Waals surface area contributed by atoms with E-state index in [4.69, 9.17) is 28.8 Å². The number of aliphatic hydroxyl groups excluding tert-OH is 1. The zero-order valence-corrected chi connectivity index (χ0v) is 29.2. The first kappa shape index (κ1) is 37.5. The molecule has 0 bridgehead atoms. The topological polar surface area (TPSA) is 156 Å². The molecule has 0 saturated heterocycles. The number of ether oxygens (including phenoxy) is 5. The van der Waals surface area contributed by atoms with Gasteiger partial charge >= 0.3 is 0 Å². The van der Waals surface area contributed by atoms with Crippen LogP contribution in [0.3, 0.4) is 0 Å². The van der Waals surface area contributed by atoms with Crippen molar-refractivity contribution in [2.24, 2.45) is 0 Å². The van der Waals surface area contributed by atoms with Gasteiger partial charge < -0.3 is 34.1 Å². The van der Waals surface area contributed by atoms with Crippen LogP contribution >= 0.6 is 0 Å². The summed E-state index contributed by atoms with van der Waals surface area (Å²) in [5.74, 6) is 2.57. The second kappa shape index (κ2) is 19.6. The van der Waals surface area contributed by atoms with Crippen molar-refractivity contribution >= 4 is 5.78 Å². The normalized spacial score (nSPS) is 11.9. The molecular weight excluding hydrogens is 660 g/mol. The number of nitriles is 2. The highest BCUT2D eigenvalue weighted by molar-refractivity contribution is 5.89. The Hall–Kier alpha value is -5.72. The number of nitrogens with one attached hydrogen (secondary N) is 1. The van der Waals surface area contributed by atoms with E-state index >= 15 is 0 Å². The van der Waals surface area contributed by atoms with E-state index in [1.165, 1.54) is 6.20 Å². The summed E-state index contributed by atoms with van der Waals surface area (Å²) in [5.41, 5.74) is 5.91. The lowest BCUT2D eigenvalue weighted by Gasteiger charge is -2.19. The molecule has 0 amide bonds. The third kappa shape index (κ3) is 10.6. The lowest BCUT2D eigenvalue weighted by molar-refractivity contribution is -0.114. The number of allylic oxidation sites excluding steroid dienone is 1. The van der Waals surface area contributed by atoms with Gasteiger partial charge in [0.1, 0.15) is 50.1 Å². The maximum Gasteiger partial charge on any atom is 0.161 e. The van der Waals surface area contributed by atoms with Crippen LogP contribution in [0.1, 0.15) is 52.6 Å². The van der Waals surface area contributed by atoms with Gasteiger partial charge in [0.2, 0.25) is 0 Å². The number of aryl methyl sites for hydroxylation is 1. The quantitative estimate of drug-likeness (QED) is 0.0857. The third-order valence-corrected chi connectivity index (χ3v) is 8.23. The number of ketones is 1. The van der Waals surface area contributed by atoms with Gasteiger partial charge in [0.05, 0.1) is 24.3 Å². The van der Waals surface area contributed by atoms with E-state index in [1.807, 2.05) is 55.5 Å². The molecule has 0 fully saturated rings. The predicted molar refractivity (Wildman–Crippen MR) is 194 cm³/mol. The summed E-state index contributed by atoms with van der Waals surface area (Å²) in [6.07, 6.45) is 7.96. The molecule has 0 unspecified atom stereocenters. The number of carbonyl (C=O) groups excluding carboxylic acids is 1. The second-order valence-electron chi connectivity index (χ2n) is 12.1. The fraction of sp³-hybridized carbons (Fsp3) is 0.317. The van der Waals surface area contributed by atoms with Crippen LogP contribution < -0.4 is 24.3 Å². The lowest BCUT2D eigenvalue weighted by atomic mass is 9.96. The molecule has 11 nitrogen and oxygen atoms in total. The highest BCUT2D eigenvalue weighted by Crippen LogP contribution is 2.37. The number of aliphatic hydroxyl groups is 1. The molecule has 2 heterocycles. The summed E-state index contributed by atoms with van der Waals surface area (Å²) in [7, 11) is 0. The summed E-state index contributed by atoms with van der Waals surface area (Å²) < 4.78 is 29.8. The largest absolute Gasteiger partial charge is 0.488 e. The molecule has 0 aliphatic carbocycles. The Morgan fingerprint density at radius 2 is 1.81 bits per heavy atom. The van der Waals surface area contributed by atoms with Gasteiger partial charge in [-0.2, -0.15) is 10.5 Å². The highest BCUT2D eigenvalue weighted by Gasteiger charge is 2.17. The second-order valence-corrected chi connectivity index (χ2v) is 12.1. The molecule has 1 aromatic heterocycles. The molecule has 5 rings (SSSR count). The van der Waals surface area contributed by atoms with E-state index in [1.54, 1.807) is 24.4 Å². The van der Waals surface area contributed by atoms with Gasteiger partial charge in [-0.1, -0.05) is 30.3 Å². The standard InChI is InChI=1S/C41H42N4O7/c1-29-18-34(26-44-12-15-48-14-3-2-7-35(47)8-5-13-46)40(51-27-31-19-30(22-42)24-45-25-31)21-39(29)52-28-33-6-4-9-36(37(33)23-43)32-10-11-38-41(20-32)50-17-16-49-38/h2,4,6-7,9-11,18-21,24-25,44,46H,3,5,8,12-17,26-28H2,1H3/b7-2+. The molecule has 268 valence electrons. The molecule has 0 saturated carbocycles. The maximum absolute atomic E-state index is 11.7. The van der Waals surface area contributed by atoms with Crippen LogP contribution in [0.5, 0.6) is 23.0 Å². The molecular formula is C41H42N4O7. The van der Waals surface area contributed by atoms with Crippen LogP contribution in [0.15, 0.2) is 79.1 Å². The van der Waals surface area contributed by atoms with E-state index in [0.717, 1.165) is 33.4 Å². The number of pyridine rings is 1. The number of hydrogen-bond acceptors (Lipinski definition) is 11. The summed E-state index contributed by atoms with van der Waals surface area (Å²) in [6.45, 7) is 5.41. The van der Waals surface area contributed by atoms with Gasteiger partial charge in [0.15, 0.2) is 17.3 Å². The number of rotatable bonds is 19. The van der Waals surface area contributed by atoms with Gasteiger partial charge in [-0.05, 0) is 66.8 Å². The van der Waals surface area contributed by atoms with Crippen LogP contribution in [0, 0.1) is 29.6 Å². The van der Waals surface area contributed by atoms with E-state index in [2.05, 4.69) is 22.4 Å². The van der Waals surface area contributed by atoms with Gasteiger partial charge in [-0.3, -0.25) is 9.78 Å². The van der Waals surface area contributed by atoms with E-state index in [9.17, 15) is 15.3 Å². The monoisotopic (exact) mass is 702 g/mol. The van der Waals surface area contributed by atoms with Crippen LogP contribution in [-0.2, 0) is 29.3 Å². The third-order valence-electron chi connectivity index (χ3n) is 8.23. The van der Waals surface area contributed by atoms with Crippen molar-refractivity contribution in [3.05, 3.63) is 113 Å². The Morgan fingerprint density at radius 3 is 2.63 bits per heavy atom. The number of nitrogens with zero attached hydrogens (tertiary/aromatic N) is 3. The van der Waals surface area contributed by atoms with E-state index in [-0.39, 0.29) is 25.6 Å². The van der Waals surface area contributed by atoms with Crippen molar-refractivity contribution in [2.75, 3.05) is 39.6 Å². The average Bonchev–Trinajstić information content (AvgIpc) is 3.18. The fourth-order valence-corrected chi connectivity index (χ4v) is 5.58. The molecule has 2 N–H and O–H groups in total. The number of benzene rings is 3. The van der Waals surface area contributed by atoms with Gasteiger partial charge in [-0.25, -0.2) is 0 Å². The smallest absolute Gasteiger partial charge is 0.161 e. The Balaban J connectivity index is 1.25. The Kier molecular flexibility index (Phi) is 14.2.